The number of dihydropyridines is 1. The molecular formula is C33H33ClN2O4. The second kappa shape index (κ2) is 12.2. The summed E-state index contributed by atoms with van der Waals surface area (Å²) in [7, 11) is 1.59. The summed E-state index contributed by atoms with van der Waals surface area (Å²) in [6.07, 6.45) is -0.411. The number of ketones is 1. The van der Waals surface area contributed by atoms with E-state index in [1.807, 2.05) is 80.6 Å². The number of nitrogens with zero attached hydrogens (tertiary/aromatic N) is 1. The Hall–Kier alpha value is -3.71. The highest BCUT2D eigenvalue weighted by atomic mass is 35.5. The van der Waals surface area contributed by atoms with Crippen molar-refractivity contribution in [2.24, 2.45) is 0 Å². The fourth-order valence-electron chi connectivity index (χ4n) is 5.59. The van der Waals surface area contributed by atoms with Crippen LogP contribution in [0.1, 0.15) is 41.2 Å². The van der Waals surface area contributed by atoms with Crippen LogP contribution in [0.2, 0.25) is 5.02 Å². The number of carbonyl (C=O) groups excluding carboxylic acids is 2. The molecule has 1 N–H and O–H groups in total. The lowest BCUT2D eigenvalue weighted by Gasteiger charge is -2.38. The van der Waals surface area contributed by atoms with Gasteiger partial charge in [-0.3, -0.25) is 9.69 Å². The molecular weight excluding hydrogens is 524 g/mol. The fourth-order valence-corrected chi connectivity index (χ4v) is 5.77. The largest absolute Gasteiger partial charge is 0.459 e. The minimum atomic E-state index is -0.591. The molecule has 0 fully saturated rings. The van der Waals surface area contributed by atoms with Crippen LogP contribution in [0.3, 0.4) is 0 Å². The lowest BCUT2D eigenvalue weighted by Crippen LogP contribution is -2.45. The van der Waals surface area contributed by atoms with Crippen molar-refractivity contribution < 1.29 is 19.1 Å². The van der Waals surface area contributed by atoms with Crippen LogP contribution in [0, 0.1) is 6.92 Å². The number of methoxy groups -OCH3 is 1. The van der Waals surface area contributed by atoms with Gasteiger partial charge in [-0.2, -0.15) is 0 Å². The smallest absolute Gasteiger partial charge is 0.336 e. The van der Waals surface area contributed by atoms with Crippen molar-refractivity contribution in [2.45, 2.75) is 32.4 Å². The molecule has 2 heterocycles. The van der Waals surface area contributed by atoms with E-state index in [0.29, 0.717) is 35.0 Å². The Bertz CT molecular complexity index is 1470. The maximum Gasteiger partial charge on any atom is 0.336 e. The number of allylic oxidation sites excluding steroid dienone is 1. The summed E-state index contributed by atoms with van der Waals surface area (Å²) in [6, 6.07) is 25.3. The van der Waals surface area contributed by atoms with E-state index in [1.54, 1.807) is 7.11 Å². The number of ether oxygens (including phenoxy) is 2. The van der Waals surface area contributed by atoms with Gasteiger partial charge in [-0.1, -0.05) is 84.4 Å². The highest BCUT2D eigenvalue weighted by Gasteiger charge is 2.41. The molecule has 6 nitrogen and oxygen atoms in total. The van der Waals surface area contributed by atoms with Gasteiger partial charge in [0.25, 0.3) is 0 Å². The Morgan fingerprint density at radius 1 is 1.00 bits per heavy atom. The molecule has 3 aromatic rings. The highest BCUT2D eigenvalue weighted by molar-refractivity contribution is 6.31. The monoisotopic (exact) mass is 556 g/mol. The third-order valence-electron chi connectivity index (χ3n) is 7.61. The number of benzene rings is 3. The van der Waals surface area contributed by atoms with E-state index < -0.39 is 18.0 Å². The second-order valence-corrected chi connectivity index (χ2v) is 10.6. The number of Topliss-reactive ketones (excluding diaryl/α,β-unsaturated/α-hetero) is 1. The third-order valence-corrected chi connectivity index (χ3v) is 8.01. The maximum atomic E-state index is 13.8. The first-order valence-corrected chi connectivity index (χ1v) is 13.7. The highest BCUT2D eigenvalue weighted by Crippen LogP contribution is 2.43. The predicted octanol–water partition coefficient (Wildman–Crippen LogP) is 5.88. The van der Waals surface area contributed by atoms with Gasteiger partial charge in [0.1, 0.15) is 12.7 Å². The number of rotatable bonds is 8. The molecule has 7 heteroatoms. The SMILES string of the molecule is COC(COC(=O)C1=C(C)NC2=C(C(=O)CN(Cc3ccccc3)C2)C1c1cccc(Cl)c1C)c1ccccc1. The van der Waals surface area contributed by atoms with E-state index in [0.717, 1.165) is 28.0 Å². The van der Waals surface area contributed by atoms with Crippen molar-refractivity contribution in [1.82, 2.24) is 10.2 Å². The second-order valence-electron chi connectivity index (χ2n) is 10.2. The van der Waals surface area contributed by atoms with Crippen molar-refractivity contribution in [3.8, 4) is 0 Å². The van der Waals surface area contributed by atoms with E-state index in [1.165, 1.54) is 0 Å². The van der Waals surface area contributed by atoms with Gasteiger partial charge in [-0.25, -0.2) is 4.79 Å². The van der Waals surface area contributed by atoms with Gasteiger partial charge in [0.15, 0.2) is 5.78 Å². The molecule has 0 aliphatic carbocycles. The molecule has 2 unspecified atom stereocenters. The predicted molar refractivity (Wildman–Crippen MR) is 156 cm³/mol. The van der Waals surface area contributed by atoms with Crippen LogP contribution in [-0.2, 0) is 25.6 Å². The van der Waals surface area contributed by atoms with Gasteiger partial charge < -0.3 is 14.8 Å². The summed E-state index contributed by atoms with van der Waals surface area (Å²) in [5.41, 5.74) is 6.19. The first-order chi connectivity index (χ1) is 19.4. The zero-order chi connectivity index (χ0) is 28.2. The minimum Gasteiger partial charge on any atom is -0.459 e. The Morgan fingerprint density at radius 3 is 2.40 bits per heavy atom. The molecule has 0 amide bonds. The molecule has 0 radical (unpaired) electrons. The zero-order valence-corrected chi connectivity index (χ0v) is 23.7. The van der Waals surface area contributed by atoms with E-state index in [4.69, 9.17) is 21.1 Å². The number of carbonyl (C=O) groups is 2. The standard InChI is InChI=1S/C33H33ClN2O4/c1-21-25(15-10-16-26(21)34)31-30(33(38)40-20-29(39-3)24-13-8-5-9-14-24)22(2)35-27-18-36(19-28(37)32(27)31)17-23-11-6-4-7-12-23/h4-16,29,31,35H,17-20H2,1-3H3. The summed E-state index contributed by atoms with van der Waals surface area (Å²) in [4.78, 5) is 29.7. The number of nitrogens with one attached hydrogen (secondary N) is 1. The van der Waals surface area contributed by atoms with Crippen LogP contribution in [0.5, 0.6) is 0 Å². The quantitative estimate of drug-likeness (QED) is 0.350. The van der Waals surface area contributed by atoms with E-state index in [9.17, 15) is 9.59 Å². The molecule has 0 aromatic heterocycles. The summed E-state index contributed by atoms with van der Waals surface area (Å²) in [6.45, 7) is 5.30. The topological polar surface area (TPSA) is 67.9 Å². The van der Waals surface area contributed by atoms with Gasteiger partial charge in [0.05, 0.1) is 12.1 Å². The minimum absolute atomic E-state index is 0.0223. The first-order valence-electron chi connectivity index (χ1n) is 13.4. The number of hydrogen-bond acceptors (Lipinski definition) is 6. The molecule has 0 saturated carbocycles. The normalized spacial score (nSPS) is 18.3. The summed E-state index contributed by atoms with van der Waals surface area (Å²) >= 11 is 6.54. The molecule has 40 heavy (non-hydrogen) atoms. The molecule has 2 aliphatic rings. The number of halogens is 1. The summed E-state index contributed by atoms with van der Waals surface area (Å²) in [5.74, 6) is -1.10. The third kappa shape index (κ3) is 5.75. The van der Waals surface area contributed by atoms with Gasteiger partial charge in [-0.15, -0.1) is 0 Å². The van der Waals surface area contributed by atoms with Crippen LogP contribution < -0.4 is 5.32 Å². The van der Waals surface area contributed by atoms with E-state index in [2.05, 4.69) is 22.3 Å². The lowest BCUT2D eigenvalue weighted by molar-refractivity contribution is -0.143. The van der Waals surface area contributed by atoms with Gasteiger partial charge in [0, 0.05) is 48.1 Å². The fraction of sp³-hybridized carbons (Fsp3) is 0.273. The van der Waals surface area contributed by atoms with Crippen LogP contribution in [-0.4, -0.2) is 43.5 Å². The summed E-state index contributed by atoms with van der Waals surface area (Å²) in [5, 5.41) is 3.98. The van der Waals surface area contributed by atoms with Crippen molar-refractivity contribution in [3.63, 3.8) is 0 Å². The molecule has 2 atom stereocenters. The molecule has 206 valence electrons. The first kappa shape index (κ1) is 27.8. The van der Waals surface area contributed by atoms with E-state index >= 15 is 0 Å². The molecule has 0 bridgehead atoms. The van der Waals surface area contributed by atoms with Crippen LogP contribution in [0.15, 0.2) is 101 Å². The van der Waals surface area contributed by atoms with E-state index in [-0.39, 0.29) is 18.9 Å². The summed E-state index contributed by atoms with van der Waals surface area (Å²) < 4.78 is 11.5. The average molecular weight is 557 g/mol. The van der Waals surface area contributed by atoms with Crippen LogP contribution in [0.25, 0.3) is 0 Å². The van der Waals surface area contributed by atoms with Crippen LogP contribution in [0.4, 0.5) is 0 Å². The Morgan fingerprint density at radius 2 is 1.70 bits per heavy atom. The Labute approximate surface area is 240 Å². The molecule has 0 spiro atoms. The van der Waals surface area contributed by atoms with Crippen molar-refractivity contribution in [1.29, 1.82) is 0 Å². The zero-order valence-electron chi connectivity index (χ0n) is 22.9. The Balaban J connectivity index is 1.47. The molecule has 2 aliphatic heterocycles. The molecule has 5 rings (SSSR count). The van der Waals surface area contributed by atoms with Crippen molar-refractivity contribution in [2.75, 3.05) is 26.8 Å². The Kier molecular flexibility index (Phi) is 8.50. The van der Waals surface area contributed by atoms with Gasteiger partial charge >= 0.3 is 5.97 Å². The molecule has 0 saturated heterocycles. The number of hydrogen-bond donors (Lipinski definition) is 1. The number of esters is 1. The van der Waals surface area contributed by atoms with Crippen molar-refractivity contribution >= 4 is 23.4 Å². The average Bonchev–Trinajstić information content (AvgIpc) is 2.95. The molecule has 3 aromatic carbocycles. The van der Waals surface area contributed by atoms with Gasteiger partial charge in [0.2, 0.25) is 0 Å². The van der Waals surface area contributed by atoms with Crippen LogP contribution >= 0.6 is 11.6 Å². The van der Waals surface area contributed by atoms with Gasteiger partial charge in [-0.05, 0) is 42.2 Å². The maximum absolute atomic E-state index is 13.8. The lowest BCUT2D eigenvalue weighted by atomic mass is 9.76. The van der Waals surface area contributed by atoms with Crippen molar-refractivity contribution in [3.05, 3.63) is 129 Å².